The summed E-state index contributed by atoms with van der Waals surface area (Å²) in [5.74, 6) is 0. The van der Waals surface area contributed by atoms with Crippen LogP contribution in [0.3, 0.4) is 0 Å². The van der Waals surface area contributed by atoms with Crippen molar-refractivity contribution in [2.24, 2.45) is 0 Å². The lowest BCUT2D eigenvalue weighted by atomic mass is 10.1. The van der Waals surface area contributed by atoms with E-state index in [0.29, 0.717) is 18.0 Å². The fourth-order valence-electron chi connectivity index (χ4n) is 3.20. The van der Waals surface area contributed by atoms with Gasteiger partial charge in [0.25, 0.3) is 0 Å². The molecule has 1 heterocycles. The number of nitrogens with zero attached hydrogens (tertiary/aromatic N) is 1. The summed E-state index contributed by atoms with van der Waals surface area (Å²) in [5, 5.41) is 3.35. The number of sulfonamides is 1. The Morgan fingerprint density at radius 2 is 1.64 bits per heavy atom. The van der Waals surface area contributed by atoms with Crippen molar-refractivity contribution in [3.63, 3.8) is 0 Å². The molecule has 134 valence electrons. The van der Waals surface area contributed by atoms with Crippen LogP contribution in [-0.4, -0.2) is 25.8 Å². The van der Waals surface area contributed by atoms with E-state index in [4.69, 9.17) is 0 Å². The zero-order valence-corrected chi connectivity index (χ0v) is 15.6. The van der Waals surface area contributed by atoms with Crippen LogP contribution in [0.1, 0.15) is 36.8 Å². The molecule has 25 heavy (non-hydrogen) atoms. The second-order valence-corrected chi connectivity index (χ2v) is 8.62. The van der Waals surface area contributed by atoms with Crippen molar-refractivity contribution in [2.75, 3.05) is 18.4 Å². The maximum absolute atomic E-state index is 12.8. The molecule has 1 fully saturated rings. The summed E-state index contributed by atoms with van der Waals surface area (Å²) in [4.78, 5) is 0.385. The van der Waals surface area contributed by atoms with Gasteiger partial charge in [-0.05, 0) is 49.6 Å². The average Bonchev–Trinajstić information content (AvgIpc) is 2.90. The minimum atomic E-state index is -3.37. The van der Waals surface area contributed by atoms with Gasteiger partial charge in [0.2, 0.25) is 10.0 Å². The Kier molecular flexibility index (Phi) is 5.76. The van der Waals surface area contributed by atoms with Crippen LogP contribution < -0.4 is 5.32 Å². The largest absolute Gasteiger partial charge is 0.381 e. The standard InChI is InChI=1S/C20H26N2O2S/c1-17-7-6-8-18(15-17)16-21-19-9-11-20(12-10-19)25(23,24)22-13-4-2-3-5-14-22/h6-12,15,21H,2-5,13-14,16H2,1H3. The molecule has 1 N–H and O–H groups in total. The third kappa shape index (κ3) is 4.61. The number of benzene rings is 2. The Hall–Kier alpha value is -1.85. The molecule has 2 aromatic rings. The van der Waals surface area contributed by atoms with Gasteiger partial charge in [0.1, 0.15) is 0 Å². The quantitative estimate of drug-likeness (QED) is 0.872. The molecule has 3 rings (SSSR count). The van der Waals surface area contributed by atoms with E-state index >= 15 is 0 Å². The maximum atomic E-state index is 12.8. The molecule has 2 aromatic carbocycles. The van der Waals surface area contributed by atoms with E-state index in [-0.39, 0.29) is 0 Å². The van der Waals surface area contributed by atoms with Gasteiger partial charge in [0, 0.05) is 25.3 Å². The predicted molar refractivity (Wildman–Crippen MR) is 102 cm³/mol. The van der Waals surface area contributed by atoms with Crippen LogP contribution in [0.2, 0.25) is 0 Å². The fourth-order valence-corrected chi connectivity index (χ4v) is 4.72. The second kappa shape index (κ2) is 8.02. The topological polar surface area (TPSA) is 49.4 Å². The summed E-state index contributed by atoms with van der Waals surface area (Å²) in [7, 11) is -3.37. The summed E-state index contributed by atoms with van der Waals surface area (Å²) < 4.78 is 27.2. The van der Waals surface area contributed by atoms with Crippen LogP contribution >= 0.6 is 0 Å². The molecule has 0 saturated carbocycles. The molecule has 1 saturated heterocycles. The van der Waals surface area contributed by atoms with E-state index in [1.165, 1.54) is 11.1 Å². The van der Waals surface area contributed by atoms with Gasteiger partial charge in [0.15, 0.2) is 0 Å². The van der Waals surface area contributed by atoms with E-state index in [1.807, 2.05) is 18.2 Å². The lowest BCUT2D eigenvalue weighted by Gasteiger charge is -2.20. The lowest BCUT2D eigenvalue weighted by Crippen LogP contribution is -2.31. The van der Waals surface area contributed by atoms with E-state index in [2.05, 4.69) is 30.4 Å². The molecule has 1 aliphatic heterocycles. The molecule has 0 unspecified atom stereocenters. The SMILES string of the molecule is Cc1cccc(CNc2ccc(S(=O)(=O)N3CCCCCC3)cc2)c1. The molecule has 1 aliphatic rings. The lowest BCUT2D eigenvalue weighted by molar-refractivity contribution is 0.424. The normalized spacial score (nSPS) is 16.4. The molecular formula is C20H26N2O2S. The number of rotatable bonds is 5. The number of hydrogen-bond donors (Lipinski definition) is 1. The van der Waals surface area contributed by atoms with Gasteiger partial charge in [-0.25, -0.2) is 8.42 Å². The summed E-state index contributed by atoms with van der Waals surface area (Å²) in [6, 6.07) is 15.5. The van der Waals surface area contributed by atoms with Gasteiger partial charge >= 0.3 is 0 Å². The summed E-state index contributed by atoms with van der Waals surface area (Å²) in [6.07, 6.45) is 4.15. The third-order valence-electron chi connectivity index (χ3n) is 4.64. The van der Waals surface area contributed by atoms with Crippen LogP contribution in [0.25, 0.3) is 0 Å². The van der Waals surface area contributed by atoms with Crippen molar-refractivity contribution in [1.29, 1.82) is 0 Å². The van der Waals surface area contributed by atoms with Crippen LogP contribution in [0, 0.1) is 6.92 Å². The molecule has 0 radical (unpaired) electrons. The number of hydrogen-bond acceptors (Lipinski definition) is 3. The van der Waals surface area contributed by atoms with Crippen molar-refractivity contribution in [3.05, 3.63) is 59.7 Å². The van der Waals surface area contributed by atoms with Crippen molar-refractivity contribution in [1.82, 2.24) is 4.31 Å². The highest BCUT2D eigenvalue weighted by molar-refractivity contribution is 7.89. The Morgan fingerprint density at radius 1 is 0.960 bits per heavy atom. The number of anilines is 1. The van der Waals surface area contributed by atoms with Crippen LogP contribution in [0.5, 0.6) is 0 Å². The molecule has 5 heteroatoms. The van der Waals surface area contributed by atoms with Crippen LogP contribution in [-0.2, 0) is 16.6 Å². The van der Waals surface area contributed by atoms with Crippen LogP contribution in [0.15, 0.2) is 53.4 Å². The first-order valence-electron chi connectivity index (χ1n) is 8.95. The first-order valence-corrected chi connectivity index (χ1v) is 10.4. The summed E-state index contributed by atoms with van der Waals surface area (Å²) in [5.41, 5.74) is 3.37. The molecular weight excluding hydrogens is 332 g/mol. The second-order valence-electron chi connectivity index (χ2n) is 6.69. The highest BCUT2D eigenvalue weighted by atomic mass is 32.2. The van der Waals surface area contributed by atoms with E-state index in [0.717, 1.165) is 37.9 Å². The van der Waals surface area contributed by atoms with Gasteiger partial charge in [-0.3, -0.25) is 0 Å². The third-order valence-corrected chi connectivity index (χ3v) is 6.55. The maximum Gasteiger partial charge on any atom is 0.243 e. The fraction of sp³-hybridized carbons (Fsp3) is 0.400. The smallest absolute Gasteiger partial charge is 0.243 e. The highest BCUT2D eigenvalue weighted by Gasteiger charge is 2.24. The minimum absolute atomic E-state index is 0.385. The molecule has 0 atom stereocenters. The Labute approximate surface area is 150 Å². The van der Waals surface area contributed by atoms with E-state index in [1.54, 1.807) is 16.4 Å². The van der Waals surface area contributed by atoms with Gasteiger partial charge < -0.3 is 5.32 Å². The first-order chi connectivity index (χ1) is 12.1. The number of aryl methyl sites for hydroxylation is 1. The first kappa shape index (κ1) is 18.0. The summed E-state index contributed by atoms with van der Waals surface area (Å²) in [6.45, 7) is 4.07. The van der Waals surface area contributed by atoms with Crippen LogP contribution in [0.4, 0.5) is 5.69 Å². The molecule has 0 spiro atoms. The number of nitrogens with one attached hydrogen (secondary N) is 1. The monoisotopic (exact) mass is 358 g/mol. The summed E-state index contributed by atoms with van der Waals surface area (Å²) >= 11 is 0. The van der Waals surface area contributed by atoms with Crippen molar-refractivity contribution < 1.29 is 8.42 Å². The van der Waals surface area contributed by atoms with Crippen molar-refractivity contribution >= 4 is 15.7 Å². The van der Waals surface area contributed by atoms with E-state index < -0.39 is 10.0 Å². The van der Waals surface area contributed by atoms with Gasteiger partial charge in [0.05, 0.1) is 4.90 Å². The Balaban J connectivity index is 1.66. The average molecular weight is 359 g/mol. The predicted octanol–water partition coefficient (Wildman–Crippen LogP) is 4.17. The minimum Gasteiger partial charge on any atom is -0.381 e. The highest BCUT2D eigenvalue weighted by Crippen LogP contribution is 2.22. The van der Waals surface area contributed by atoms with Crippen molar-refractivity contribution in [3.8, 4) is 0 Å². The molecule has 0 aromatic heterocycles. The molecule has 0 aliphatic carbocycles. The Morgan fingerprint density at radius 3 is 2.28 bits per heavy atom. The molecule has 0 bridgehead atoms. The van der Waals surface area contributed by atoms with Gasteiger partial charge in [-0.2, -0.15) is 4.31 Å². The van der Waals surface area contributed by atoms with E-state index in [9.17, 15) is 8.42 Å². The van der Waals surface area contributed by atoms with Gasteiger partial charge in [-0.1, -0.05) is 42.7 Å². The zero-order valence-electron chi connectivity index (χ0n) is 14.7. The Bertz CT molecular complexity index is 793. The molecule has 4 nitrogen and oxygen atoms in total. The van der Waals surface area contributed by atoms with Crippen molar-refractivity contribution in [2.45, 2.75) is 44.0 Å². The molecule has 0 amide bonds. The zero-order chi connectivity index (χ0) is 17.7. The van der Waals surface area contributed by atoms with Gasteiger partial charge in [-0.15, -0.1) is 0 Å².